The topological polar surface area (TPSA) is 35.2 Å². The fraction of sp³-hybridized carbons (Fsp3) is 0.600. The van der Waals surface area contributed by atoms with Gasteiger partial charge in [-0.25, -0.2) is 4.39 Å². The summed E-state index contributed by atoms with van der Waals surface area (Å²) >= 11 is 0. The van der Waals surface area contributed by atoms with Crippen LogP contribution in [0.3, 0.4) is 0 Å². The summed E-state index contributed by atoms with van der Waals surface area (Å²) in [5.41, 5.74) is 6.93. The normalized spacial score (nSPS) is 28.1. The van der Waals surface area contributed by atoms with Crippen LogP contribution in [0.4, 0.5) is 4.39 Å². The van der Waals surface area contributed by atoms with Crippen molar-refractivity contribution in [2.75, 3.05) is 7.11 Å². The zero-order valence-corrected chi connectivity index (χ0v) is 11.2. The number of ether oxygens (including phenoxy) is 1. The molecule has 2 nitrogen and oxygen atoms in total. The molecule has 1 aromatic rings. The Balaban J connectivity index is 2.36. The molecule has 1 aliphatic rings. The van der Waals surface area contributed by atoms with E-state index in [1.165, 1.54) is 18.6 Å². The van der Waals surface area contributed by atoms with E-state index in [9.17, 15) is 4.39 Å². The molecule has 18 heavy (non-hydrogen) atoms. The molecule has 2 unspecified atom stereocenters. The Bertz CT molecular complexity index is 421. The quantitative estimate of drug-likeness (QED) is 0.891. The van der Waals surface area contributed by atoms with Crippen molar-refractivity contribution in [2.45, 2.75) is 44.6 Å². The van der Waals surface area contributed by atoms with Crippen LogP contribution >= 0.6 is 0 Å². The molecule has 100 valence electrons. The van der Waals surface area contributed by atoms with E-state index in [0.717, 1.165) is 31.2 Å². The van der Waals surface area contributed by atoms with Gasteiger partial charge in [0.1, 0.15) is 11.6 Å². The van der Waals surface area contributed by atoms with Crippen molar-refractivity contribution >= 4 is 0 Å². The number of rotatable bonds is 3. The second-order valence-electron chi connectivity index (χ2n) is 5.37. The number of hydrogen-bond donors (Lipinski definition) is 1. The maximum Gasteiger partial charge on any atom is 0.124 e. The first-order chi connectivity index (χ1) is 8.59. The molecule has 2 atom stereocenters. The number of hydrogen-bond acceptors (Lipinski definition) is 2. The summed E-state index contributed by atoms with van der Waals surface area (Å²) in [6.45, 7) is 2.19. The van der Waals surface area contributed by atoms with E-state index in [4.69, 9.17) is 10.5 Å². The first-order valence-electron chi connectivity index (χ1n) is 6.72. The Labute approximate surface area is 108 Å². The van der Waals surface area contributed by atoms with Gasteiger partial charge in [0.2, 0.25) is 0 Å². The van der Waals surface area contributed by atoms with Crippen molar-refractivity contribution in [3.05, 3.63) is 29.6 Å². The minimum Gasteiger partial charge on any atom is -0.496 e. The van der Waals surface area contributed by atoms with Crippen molar-refractivity contribution in [1.82, 2.24) is 0 Å². The molecule has 0 radical (unpaired) electrons. The number of halogens is 1. The third-order valence-electron chi connectivity index (χ3n) is 4.16. The Morgan fingerprint density at radius 2 is 2.28 bits per heavy atom. The molecule has 1 aliphatic carbocycles. The predicted octanol–water partition coefficient (Wildman–Crippen LogP) is 3.59. The second-order valence-corrected chi connectivity index (χ2v) is 5.37. The van der Waals surface area contributed by atoms with Gasteiger partial charge in [-0.3, -0.25) is 0 Å². The zero-order chi connectivity index (χ0) is 13.2. The first-order valence-corrected chi connectivity index (χ1v) is 6.72. The van der Waals surface area contributed by atoms with Crippen LogP contribution in [0.15, 0.2) is 18.2 Å². The van der Waals surface area contributed by atoms with E-state index in [0.29, 0.717) is 11.7 Å². The lowest BCUT2D eigenvalue weighted by molar-refractivity contribution is 0.215. The lowest BCUT2D eigenvalue weighted by Crippen LogP contribution is -2.41. The zero-order valence-electron chi connectivity index (χ0n) is 11.2. The molecule has 0 heterocycles. The fourth-order valence-electron chi connectivity index (χ4n) is 3.09. The molecule has 3 heteroatoms. The molecule has 0 bridgehead atoms. The summed E-state index contributed by atoms with van der Waals surface area (Å²) in [4.78, 5) is 0. The highest BCUT2D eigenvalue weighted by Crippen LogP contribution is 2.42. The van der Waals surface area contributed by atoms with E-state index in [2.05, 4.69) is 6.92 Å². The minimum atomic E-state index is -0.438. The molecule has 1 aromatic carbocycles. The van der Waals surface area contributed by atoms with Gasteiger partial charge in [-0.15, -0.1) is 0 Å². The summed E-state index contributed by atoms with van der Waals surface area (Å²) in [5.74, 6) is 1.10. The number of benzene rings is 1. The number of methoxy groups -OCH3 is 1. The maximum atomic E-state index is 13.5. The average Bonchev–Trinajstić information content (AvgIpc) is 2.38. The van der Waals surface area contributed by atoms with E-state index in [1.54, 1.807) is 13.2 Å². The van der Waals surface area contributed by atoms with Crippen LogP contribution in [0.5, 0.6) is 5.75 Å². The SMILES string of the molecule is CCC1CCCC(N)(c2cc(F)ccc2OC)C1. The van der Waals surface area contributed by atoms with Crippen LogP contribution in [0.2, 0.25) is 0 Å². The molecule has 0 aliphatic heterocycles. The Kier molecular flexibility index (Phi) is 3.91. The minimum absolute atomic E-state index is 0.241. The molecule has 0 saturated heterocycles. The largest absolute Gasteiger partial charge is 0.496 e. The van der Waals surface area contributed by atoms with Gasteiger partial charge in [0, 0.05) is 11.1 Å². The van der Waals surface area contributed by atoms with E-state index in [-0.39, 0.29) is 5.82 Å². The lowest BCUT2D eigenvalue weighted by atomic mass is 9.71. The van der Waals surface area contributed by atoms with Crippen LogP contribution in [-0.2, 0) is 5.54 Å². The fourth-order valence-corrected chi connectivity index (χ4v) is 3.09. The summed E-state index contributed by atoms with van der Waals surface area (Å²) in [6.07, 6.45) is 5.30. The van der Waals surface area contributed by atoms with Gasteiger partial charge in [0.05, 0.1) is 7.11 Å². The summed E-state index contributed by atoms with van der Waals surface area (Å²) in [6, 6.07) is 4.64. The van der Waals surface area contributed by atoms with Crippen molar-refractivity contribution in [1.29, 1.82) is 0 Å². The average molecular weight is 251 g/mol. The van der Waals surface area contributed by atoms with Crippen LogP contribution < -0.4 is 10.5 Å². The van der Waals surface area contributed by atoms with Crippen LogP contribution in [-0.4, -0.2) is 7.11 Å². The first kappa shape index (κ1) is 13.3. The lowest BCUT2D eigenvalue weighted by Gasteiger charge is -2.39. The smallest absolute Gasteiger partial charge is 0.124 e. The van der Waals surface area contributed by atoms with Gasteiger partial charge in [0.25, 0.3) is 0 Å². The van der Waals surface area contributed by atoms with Gasteiger partial charge >= 0.3 is 0 Å². The molecule has 0 aromatic heterocycles. The van der Waals surface area contributed by atoms with Crippen LogP contribution in [0.25, 0.3) is 0 Å². The van der Waals surface area contributed by atoms with Crippen molar-refractivity contribution in [2.24, 2.45) is 11.7 Å². The monoisotopic (exact) mass is 251 g/mol. The Morgan fingerprint density at radius 1 is 1.50 bits per heavy atom. The molecule has 0 spiro atoms. The summed E-state index contributed by atoms with van der Waals surface area (Å²) in [5, 5.41) is 0. The van der Waals surface area contributed by atoms with Gasteiger partial charge in [-0.05, 0) is 37.0 Å². The maximum absolute atomic E-state index is 13.5. The second kappa shape index (κ2) is 5.27. The standard InChI is InChI=1S/C15H22FNO/c1-3-11-5-4-8-15(17,10-11)13-9-12(16)6-7-14(13)18-2/h6-7,9,11H,3-5,8,10,17H2,1-2H3. The van der Waals surface area contributed by atoms with Gasteiger partial charge in [0.15, 0.2) is 0 Å². The highest BCUT2D eigenvalue weighted by atomic mass is 19.1. The molecule has 1 saturated carbocycles. The predicted molar refractivity (Wildman–Crippen MR) is 71.1 cm³/mol. The third-order valence-corrected chi connectivity index (χ3v) is 4.16. The summed E-state index contributed by atoms with van der Waals surface area (Å²) < 4.78 is 18.8. The number of nitrogens with two attached hydrogens (primary N) is 1. The van der Waals surface area contributed by atoms with E-state index in [1.807, 2.05) is 0 Å². The molecule has 1 fully saturated rings. The molecule has 0 amide bonds. The van der Waals surface area contributed by atoms with Gasteiger partial charge in [-0.1, -0.05) is 26.2 Å². The molecule has 2 N–H and O–H groups in total. The Hall–Kier alpha value is -1.09. The van der Waals surface area contributed by atoms with Gasteiger partial charge in [-0.2, -0.15) is 0 Å². The van der Waals surface area contributed by atoms with Gasteiger partial charge < -0.3 is 10.5 Å². The molecular formula is C15H22FNO. The van der Waals surface area contributed by atoms with E-state index < -0.39 is 5.54 Å². The highest BCUT2D eigenvalue weighted by Gasteiger charge is 2.36. The van der Waals surface area contributed by atoms with Crippen molar-refractivity contribution in [3.63, 3.8) is 0 Å². The van der Waals surface area contributed by atoms with Crippen molar-refractivity contribution in [3.8, 4) is 5.75 Å². The van der Waals surface area contributed by atoms with Crippen LogP contribution in [0.1, 0.15) is 44.6 Å². The highest BCUT2D eigenvalue weighted by molar-refractivity contribution is 5.39. The van der Waals surface area contributed by atoms with Crippen LogP contribution in [0, 0.1) is 11.7 Å². The van der Waals surface area contributed by atoms with E-state index >= 15 is 0 Å². The van der Waals surface area contributed by atoms with Crippen molar-refractivity contribution < 1.29 is 9.13 Å². The third kappa shape index (κ3) is 2.51. The Morgan fingerprint density at radius 3 is 2.94 bits per heavy atom. The molecular weight excluding hydrogens is 229 g/mol. The molecule has 2 rings (SSSR count). The summed E-state index contributed by atoms with van der Waals surface area (Å²) in [7, 11) is 1.61.